The van der Waals surface area contributed by atoms with Gasteiger partial charge in [0.25, 0.3) is 0 Å². The number of nitrogens with one attached hydrogen (secondary N) is 1. The molecule has 3 aromatic heterocycles. The Balaban J connectivity index is 2.07. The second kappa shape index (κ2) is 6.75. The first-order chi connectivity index (χ1) is 12.0. The summed E-state index contributed by atoms with van der Waals surface area (Å²) in [6.07, 6.45) is 6.39. The molecule has 0 saturated carbocycles. The zero-order valence-corrected chi connectivity index (χ0v) is 14.0. The summed E-state index contributed by atoms with van der Waals surface area (Å²) in [6, 6.07) is 3.10. The van der Waals surface area contributed by atoms with Gasteiger partial charge in [-0.25, -0.2) is 9.97 Å². The van der Waals surface area contributed by atoms with Gasteiger partial charge in [0.05, 0.1) is 29.2 Å². The molecule has 0 unspecified atom stereocenters. The predicted molar refractivity (Wildman–Crippen MR) is 93.7 cm³/mol. The van der Waals surface area contributed by atoms with E-state index in [9.17, 15) is 4.79 Å². The van der Waals surface area contributed by atoms with Crippen molar-refractivity contribution in [1.29, 1.82) is 5.26 Å². The minimum Gasteiger partial charge on any atom is -0.368 e. The summed E-state index contributed by atoms with van der Waals surface area (Å²) >= 11 is 6.03. The number of anilines is 1. The largest absolute Gasteiger partial charge is 0.368 e. The van der Waals surface area contributed by atoms with Crippen LogP contribution in [0.5, 0.6) is 0 Å². The number of carbonyl (C=O) groups excluding carboxylic acids is 1. The Hall–Kier alpha value is -3.18. The molecule has 126 valence electrons. The lowest BCUT2D eigenvalue weighted by atomic mass is 10.1. The summed E-state index contributed by atoms with van der Waals surface area (Å²) in [6.45, 7) is 1.58. The van der Waals surface area contributed by atoms with E-state index >= 15 is 0 Å². The molecule has 8 nitrogen and oxygen atoms in total. The third-order valence-electron chi connectivity index (χ3n) is 3.81. The van der Waals surface area contributed by atoms with Gasteiger partial charge >= 0.3 is 0 Å². The number of carbonyl (C=O) groups is 1. The van der Waals surface area contributed by atoms with Crippen LogP contribution in [0.4, 0.5) is 5.82 Å². The van der Waals surface area contributed by atoms with Crippen molar-refractivity contribution >= 4 is 34.4 Å². The zero-order valence-electron chi connectivity index (χ0n) is 13.3. The molecule has 0 aliphatic rings. The number of aromatic amines is 1. The number of pyridine rings is 1. The number of H-pyrrole nitrogens is 1. The number of amides is 1. The average molecular weight is 356 g/mol. The van der Waals surface area contributed by atoms with Crippen LogP contribution < -0.4 is 10.6 Å². The number of halogens is 1. The van der Waals surface area contributed by atoms with Gasteiger partial charge in [-0.05, 0) is 13.0 Å². The Kier molecular flexibility index (Phi) is 4.50. The Morgan fingerprint density at radius 3 is 3.00 bits per heavy atom. The van der Waals surface area contributed by atoms with Crippen LogP contribution in [0, 0.1) is 11.3 Å². The number of hydrogen-bond acceptors (Lipinski definition) is 6. The molecular weight excluding hydrogens is 342 g/mol. The number of fused-ring (bicyclic) bond motifs is 1. The van der Waals surface area contributed by atoms with E-state index in [1.807, 2.05) is 6.07 Å². The molecule has 0 fully saturated rings. The van der Waals surface area contributed by atoms with Crippen LogP contribution in [0.2, 0.25) is 5.02 Å². The van der Waals surface area contributed by atoms with Gasteiger partial charge in [-0.2, -0.15) is 5.26 Å². The average Bonchev–Trinajstić information content (AvgIpc) is 3.02. The fourth-order valence-electron chi connectivity index (χ4n) is 2.46. The summed E-state index contributed by atoms with van der Waals surface area (Å²) < 4.78 is 0. The van der Waals surface area contributed by atoms with Crippen molar-refractivity contribution in [3.63, 3.8) is 0 Å². The number of hydrogen-bond donors (Lipinski definition) is 2. The lowest BCUT2D eigenvalue weighted by molar-refractivity contribution is -0.118. The van der Waals surface area contributed by atoms with E-state index in [4.69, 9.17) is 22.6 Å². The first-order valence-corrected chi connectivity index (χ1v) is 7.77. The number of nitrogens with zero attached hydrogens (tertiary/aromatic N) is 5. The molecule has 3 aromatic rings. The Bertz CT molecular complexity index is 978. The fraction of sp³-hybridized carbons (Fsp3) is 0.188. The minimum atomic E-state index is -0.691. The highest BCUT2D eigenvalue weighted by atomic mass is 35.5. The van der Waals surface area contributed by atoms with Gasteiger partial charge in [-0.3, -0.25) is 9.78 Å². The topological polar surface area (TPSA) is 125 Å². The van der Waals surface area contributed by atoms with Gasteiger partial charge in [0, 0.05) is 23.3 Å². The third kappa shape index (κ3) is 3.22. The molecule has 0 radical (unpaired) electrons. The number of nitriles is 1. The van der Waals surface area contributed by atoms with Gasteiger partial charge in [0.1, 0.15) is 24.1 Å². The smallest absolute Gasteiger partial charge is 0.239 e. The fourth-order valence-corrected chi connectivity index (χ4v) is 2.62. The highest BCUT2D eigenvalue weighted by molar-refractivity contribution is 6.31. The van der Waals surface area contributed by atoms with Crippen molar-refractivity contribution in [3.05, 3.63) is 35.9 Å². The molecule has 25 heavy (non-hydrogen) atoms. The summed E-state index contributed by atoms with van der Waals surface area (Å²) in [5, 5.41) is 10.3. The highest BCUT2D eigenvalue weighted by Gasteiger charge is 2.21. The van der Waals surface area contributed by atoms with E-state index in [1.165, 1.54) is 11.1 Å². The Morgan fingerprint density at radius 2 is 2.28 bits per heavy atom. The van der Waals surface area contributed by atoms with Crippen LogP contribution in [-0.2, 0) is 4.79 Å². The SMILES string of the molecule is C[C@@H](C(N)=O)N(CC#N)c1cncc(-c2c[nH]c3ncc(Cl)cc23)n1. The molecule has 0 aromatic carbocycles. The molecule has 0 saturated heterocycles. The van der Waals surface area contributed by atoms with Gasteiger partial charge in [-0.15, -0.1) is 0 Å². The summed E-state index contributed by atoms with van der Waals surface area (Å²) in [4.78, 5) is 29.0. The van der Waals surface area contributed by atoms with Crippen LogP contribution in [0.1, 0.15) is 6.92 Å². The molecule has 9 heteroatoms. The molecule has 1 atom stereocenters. The molecule has 3 heterocycles. The Labute approximate surface area is 148 Å². The van der Waals surface area contributed by atoms with E-state index in [2.05, 4.69) is 19.9 Å². The lowest BCUT2D eigenvalue weighted by Crippen LogP contribution is -2.43. The zero-order chi connectivity index (χ0) is 18.0. The van der Waals surface area contributed by atoms with Crippen LogP contribution >= 0.6 is 11.6 Å². The summed E-state index contributed by atoms with van der Waals surface area (Å²) in [5.74, 6) is -0.166. The second-order valence-corrected chi connectivity index (χ2v) is 5.82. The first-order valence-electron chi connectivity index (χ1n) is 7.39. The maximum absolute atomic E-state index is 11.5. The van der Waals surface area contributed by atoms with Gasteiger partial charge in [0.15, 0.2) is 0 Å². The molecule has 0 aliphatic heterocycles. The van der Waals surface area contributed by atoms with E-state index in [0.717, 1.165) is 10.9 Å². The monoisotopic (exact) mass is 355 g/mol. The van der Waals surface area contributed by atoms with Crippen molar-refractivity contribution in [2.75, 3.05) is 11.4 Å². The normalized spacial score (nSPS) is 11.9. The predicted octanol–water partition coefficient (Wildman–Crippen LogP) is 1.88. The number of aromatic nitrogens is 4. The minimum absolute atomic E-state index is 0.0382. The van der Waals surface area contributed by atoms with E-state index in [-0.39, 0.29) is 6.54 Å². The van der Waals surface area contributed by atoms with E-state index < -0.39 is 11.9 Å². The van der Waals surface area contributed by atoms with Crippen molar-refractivity contribution in [1.82, 2.24) is 19.9 Å². The maximum atomic E-state index is 11.5. The number of rotatable bonds is 5. The van der Waals surface area contributed by atoms with Crippen molar-refractivity contribution < 1.29 is 4.79 Å². The van der Waals surface area contributed by atoms with E-state index in [1.54, 1.807) is 31.6 Å². The third-order valence-corrected chi connectivity index (χ3v) is 4.02. The molecule has 0 aliphatic carbocycles. The standard InChI is InChI=1S/C16H14ClN7O/c1-9(15(19)25)24(3-2-18)14-8-20-7-13(23-14)12-6-22-16-11(12)4-10(17)5-21-16/h4-9H,3H2,1H3,(H2,19,25)(H,21,22)/t9-/m0/s1. The highest BCUT2D eigenvalue weighted by Crippen LogP contribution is 2.29. The van der Waals surface area contributed by atoms with Crippen LogP contribution in [0.15, 0.2) is 30.9 Å². The number of nitrogens with two attached hydrogens (primary N) is 1. The first kappa shape index (κ1) is 16.7. The van der Waals surface area contributed by atoms with Gasteiger partial charge < -0.3 is 15.6 Å². The molecule has 0 spiro atoms. The van der Waals surface area contributed by atoms with Crippen molar-refractivity contribution in [3.8, 4) is 17.3 Å². The number of primary amides is 1. The van der Waals surface area contributed by atoms with Crippen LogP contribution in [0.3, 0.4) is 0 Å². The van der Waals surface area contributed by atoms with Crippen LogP contribution in [-0.4, -0.2) is 38.4 Å². The summed E-state index contributed by atoms with van der Waals surface area (Å²) in [7, 11) is 0. The van der Waals surface area contributed by atoms with Gasteiger partial charge in [0.2, 0.25) is 5.91 Å². The van der Waals surface area contributed by atoms with Crippen molar-refractivity contribution in [2.45, 2.75) is 13.0 Å². The summed E-state index contributed by atoms with van der Waals surface area (Å²) in [5.41, 5.74) is 7.36. The molecular formula is C16H14ClN7O. The molecule has 3 rings (SSSR count). The maximum Gasteiger partial charge on any atom is 0.239 e. The lowest BCUT2D eigenvalue weighted by Gasteiger charge is -2.25. The molecule has 3 N–H and O–H groups in total. The molecule has 1 amide bonds. The van der Waals surface area contributed by atoms with Crippen LogP contribution in [0.25, 0.3) is 22.3 Å². The van der Waals surface area contributed by atoms with Crippen molar-refractivity contribution in [2.24, 2.45) is 5.73 Å². The Morgan fingerprint density at radius 1 is 1.48 bits per heavy atom. The molecule has 0 bridgehead atoms. The quantitative estimate of drug-likeness (QED) is 0.673. The van der Waals surface area contributed by atoms with Gasteiger partial charge in [-0.1, -0.05) is 11.6 Å². The second-order valence-electron chi connectivity index (χ2n) is 5.38. The van der Waals surface area contributed by atoms with E-state index in [0.29, 0.717) is 22.2 Å².